The van der Waals surface area contributed by atoms with E-state index in [0.29, 0.717) is 17.7 Å². The fourth-order valence-electron chi connectivity index (χ4n) is 6.63. The number of para-hydroxylation sites is 3. The van der Waals surface area contributed by atoms with E-state index in [-0.39, 0.29) is 0 Å². The van der Waals surface area contributed by atoms with Gasteiger partial charge in [0, 0.05) is 50.3 Å². The first-order chi connectivity index (χ1) is 22.3. The Bertz CT molecular complexity index is 2550. The third-order valence-corrected chi connectivity index (χ3v) is 8.52. The minimum atomic E-state index is 0.430. The van der Waals surface area contributed by atoms with Gasteiger partial charge in [-0.2, -0.15) is 15.0 Å². The lowest BCUT2D eigenvalue weighted by Gasteiger charge is -2.12. The third kappa shape index (κ3) is 3.39. The lowest BCUT2D eigenvalue weighted by molar-refractivity contribution is 0.669. The molecule has 0 saturated carbocycles. The van der Waals surface area contributed by atoms with Crippen molar-refractivity contribution in [2.45, 2.75) is 0 Å². The van der Waals surface area contributed by atoms with Crippen LogP contribution in [0.4, 0.5) is 0 Å². The largest absolute Gasteiger partial charge is 0.456 e. The topological polar surface area (TPSA) is 87.5 Å². The maximum atomic E-state index is 6.25. The number of furan rings is 1. The fourth-order valence-corrected chi connectivity index (χ4v) is 6.63. The molecule has 0 aliphatic carbocycles. The van der Waals surface area contributed by atoms with Gasteiger partial charge in [0.25, 0.3) is 0 Å². The van der Waals surface area contributed by atoms with E-state index in [1.807, 2.05) is 65.2 Å². The molecule has 0 fully saturated rings. The SMILES string of the molecule is c1ccc2c(c1)oc1cccc(-c3nc(-n4c5ccccc5c5ccccc54)nc(-n4c5ncccc5c5cccnc54)n3)c12. The Hall–Kier alpha value is -6.41. The molecule has 6 heterocycles. The summed E-state index contributed by atoms with van der Waals surface area (Å²) >= 11 is 0. The minimum Gasteiger partial charge on any atom is -0.456 e. The van der Waals surface area contributed by atoms with Crippen LogP contribution in [0.25, 0.3) is 89.1 Å². The van der Waals surface area contributed by atoms with E-state index < -0.39 is 0 Å². The van der Waals surface area contributed by atoms with Gasteiger partial charge in [0.2, 0.25) is 11.9 Å². The number of benzene rings is 4. The monoisotopic (exact) mass is 579 g/mol. The standard InChI is InChI=1S/C37H21N7O/c1-4-16-28-22(10-1)23-11-2-5-17-29(23)43(28)36-40-33(27-13-7-19-31-32(27)26-12-3-6-18-30(26)45-31)41-37(42-36)44-34-24(14-8-20-38-34)25-15-9-21-39-35(25)44/h1-21H. The zero-order valence-electron chi connectivity index (χ0n) is 23.7. The molecule has 0 aliphatic rings. The van der Waals surface area contributed by atoms with Gasteiger partial charge < -0.3 is 4.42 Å². The van der Waals surface area contributed by atoms with Crippen molar-refractivity contribution in [3.05, 3.63) is 128 Å². The van der Waals surface area contributed by atoms with Crippen LogP contribution in [0.2, 0.25) is 0 Å². The highest BCUT2D eigenvalue weighted by atomic mass is 16.3. The maximum Gasteiger partial charge on any atom is 0.242 e. The quantitative estimate of drug-likeness (QED) is 0.209. The van der Waals surface area contributed by atoms with E-state index in [9.17, 15) is 0 Å². The van der Waals surface area contributed by atoms with E-state index in [1.54, 1.807) is 12.4 Å². The molecule has 6 aromatic heterocycles. The van der Waals surface area contributed by atoms with Crippen molar-refractivity contribution >= 4 is 65.8 Å². The number of hydrogen-bond acceptors (Lipinski definition) is 6. The average molecular weight is 580 g/mol. The Morgan fingerprint density at radius 3 is 1.69 bits per heavy atom. The van der Waals surface area contributed by atoms with E-state index in [2.05, 4.69) is 59.2 Å². The molecule has 0 atom stereocenters. The molecule has 210 valence electrons. The summed E-state index contributed by atoms with van der Waals surface area (Å²) in [7, 11) is 0. The molecular weight excluding hydrogens is 558 g/mol. The van der Waals surface area contributed by atoms with Crippen LogP contribution in [0.15, 0.2) is 132 Å². The lowest BCUT2D eigenvalue weighted by Crippen LogP contribution is -2.11. The second-order valence-electron chi connectivity index (χ2n) is 11.0. The number of pyridine rings is 2. The van der Waals surface area contributed by atoms with Gasteiger partial charge in [0.15, 0.2) is 5.82 Å². The molecule has 0 N–H and O–H groups in total. The molecule has 0 aliphatic heterocycles. The normalized spacial score (nSPS) is 12.0. The first kappa shape index (κ1) is 24.1. The van der Waals surface area contributed by atoms with Crippen molar-refractivity contribution in [2.24, 2.45) is 0 Å². The molecule has 8 heteroatoms. The molecule has 0 unspecified atom stereocenters. The number of nitrogens with zero attached hydrogens (tertiary/aromatic N) is 7. The number of aromatic nitrogens is 7. The molecule has 0 saturated heterocycles. The van der Waals surface area contributed by atoms with Crippen molar-refractivity contribution in [3.63, 3.8) is 0 Å². The van der Waals surface area contributed by atoms with Gasteiger partial charge in [0.1, 0.15) is 22.5 Å². The average Bonchev–Trinajstić information content (AvgIpc) is 3.76. The molecule has 0 spiro atoms. The number of hydrogen-bond donors (Lipinski definition) is 0. The number of fused-ring (bicyclic) bond motifs is 9. The molecule has 0 radical (unpaired) electrons. The smallest absolute Gasteiger partial charge is 0.242 e. The van der Waals surface area contributed by atoms with E-state index >= 15 is 0 Å². The summed E-state index contributed by atoms with van der Waals surface area (Å²) in [4.78, 5) is 25.1. The second kappa shape index (κ2) is 9.05. The molecule has 0 amide bonds. The molecule has 8 nitrogen and oxygen atoms in total. The van der Waals surface area contributed by atoms with Crippen LogP contribution in [-0.2, 0) is 0 Å². The fraction of sp³-hybridized carbons (Fsp3) is 0. The summed E-state index contributed by atoms with van der Waals surface area (Å²) in [5.41, 5.74) is 5.90. The molecule has 4 aromatic carbocycles. The van der Waals surface area contributed by atoms with Gasteiger partial charge >= 0.3 is 0 Å². The van der Waals surface area contributed by atoms with Gasteiger partial charge in [-0.1, -0.05) is 66.7 Å². The predicted octanol–water partition coefficient (Wildman–Crippen LogP) is 8.42. The molecule has 45 heavy (non-hydrogen) atoms. The first-order valence-electron chi connectivity index (χ1n) is 14.7. The van der Waals surface area contributed by atoms with Gasteiger partial charge in [-0.3, -0.25) is 4.57 Å². The zero-order chi connectivity index (χ0) is 29.5. The molecule has 0 bridgehead atoms. The van der Waals surface area contributed by atoms with Crippen LogP contribution in [0.3, 0.4) is 0 Å². The van der Waals surface area contributed by atoms with E-state index in [4.69, 9.17) is 29.3 Å². The van der Waals surface area contributed by atoms with Crippen molar-refractivity contribution in [1.29, 1.82) is 0 Å². The molecule has 10 rings (SSSR count). The summed E-state index contributed by atoms with van der Waals surface area (Å²) in [6.45, 7) is 0. The van der Waals surface area contributed by atoms with Crippen molar-refractivity contribution in [3.8, 4) is 23.3 Å². The lowest BCUT2D eigenvalue weighted by atomic mass is 10.1. The van der Waals surface area contributed by atoms with Gasteiger partial charge in [-0.05, 0) is 48.5 Å². The number of rotatable bonds is 3. The van der Waals surface area contributed by atoms with Gasteiger partial charge in [-0.25, -0.2) is 14.5 Å². The Kier molecular flexibility index (Phi) is 4.84. The molecular formula is C37H21N7O. The third-order valence-electron chi connectivity index (χ3n) is 8.52. The highest BCUT2D eigenvalue weighted by Gasteiger charge is 2.22. The highest BCUT2D eigenvalue weighted by Crippen LogP contribution is 2.37. The summed E-state index contributed by atoms with van der Waals surface area (Å²) in [5, 5.41) is 6.16. The zero-order valence-corrected chi connectivity index (χ0v) is 23.7. The summed E-state index contributed by atoms with van der Waals surface area (Å²) in [6, 6.07) is 38.7. The van der Waals surface area contributed by atoms with Crippen LogP contribution >= 0.6 is 0 Å². The Morgan fingerprint density at radius 2 is 1.00 bits per heavy atom. The highest BCUT2D eigenvalue weighted by molar-refractivity contribution is 6.12. The minimum absolute atomic E-state index is 0.430. The van der Waals surface area contributed by atoms with E-state index in [1.165, 1.54) is 0 Å². The summed E-state index contributed by atoms with van der Waals surface area (Å²) in [6.07, 6.45) is 3.57. The van der Waals surface area contributed by atoms with Crippen molar-refractivity contribution in [2.75, 3.05) is 0 Å². The van der Waals surface area contributed by atoms with Crippen LogP contribution in [0.1, 0.15) is 0 Å². The summed E-state index contributed by atoms with van der Waals surface area (Å²) < 4.78 is 10.3. The van der Waals surface area contributed by atoms with Crippen LogP contribution in [-0.4, -0.2) is 34.1 Å². The Morgan fingerprint density at radius 1 is 0.444 bits per heavy atom. The Balaban J connectivity index is 1.36. The Labute approximate surface area is 254 Å². The van der Waals surface area contributed by atoms with Gasteiger partial charge in [0.05, 0.1) is 11.0 Å². The predicted molar refractivity (Wildman–Crippen MR) is 177 cm³/mol. The summed E-state index contributed by atoms with van der Waals surface area (Å²) in [5.74, 6) is 1.45. The van der Waals surface area contributed by atoms with Crippen LogP contribution in [0, 0.1) is 0 Å². The second-order valence-corrected chi connectivity index (χ2v) is 11.0. The first-order valence-corrected chi connectivity index (χ1v) is 14.7. The van der Waals surface area contributed by atoms with Crippen molar-refractivity contribution < 1.29 is 4.42 Å². The van der Waals surface area contributed by atoms with Crippen LogP contribution in [0.5, 0.6) is 0 Å². The molecule has 10 aromatic rings. The van der Waals surface area contributed by atoms with E-state index in [0.717, 1.165) is 71.4 Å². The van der Waals surface area contributed by atoms with Crippen molar-refractivity contribution in [1.82, 2.24) is 34.1 Å². The van der Waals surface area contributed by atoms with Crippen LogP contribution < -0.4 is 0 Å². The van der Waals surface area contributed by atoms with Gasteiger partial charge in [-0.15, -0.1) is 0 Å². The maximum absolute atomic E-state index is 6.25.